The van der Waals surface area contributed by atoms with Crippen molar-refractivity contribution in [1.29, 1.82) is 0 Å². The number of rotatable bonds is 3. The maximum absolute atomic E-state index is 12.1. The fourth-order valence-corrected chi connectivity index (χ4v) is 2.12. The van der Waals surface area contributed by atoms with Crippen molar-refractivity contribution in [2.45, 2.75) is 26.2 Å². The van der Waals surface area contributed by atoms with Gasteiger partial charge in [-0.05, 0) is 18.6 Å². The van der Waals surface area contributed by atoms with Crippen molar-refractivity contribution in [2.75, 3.05) is 23.4 Å². The van der Waals surface area contributed by atoms with Crippen LogP contribution in [0.1, 0.15) is 26.2 Å². The fraction of sp³-hybridized carbons (Fsp3) is 0.429. The molecule has 0 N–H and O–H groups in total. The van der Waals surface area contributed by atoms with Crippen molar-refractivity contribution in [1.82, 2.24) is 0 Å². The summed E-state index contributed by atoms with van der Waals surface area (Å²) < 4.78 is 0. The van der Waals surface area contributed by atoms with E-state index in [0.717, 1.165) is 24.2 Å². The number of anilines is 2. The molecule has 0 radical (unpaired) electrons. The van der Waals surface area contributed by atoms with Crippen molar-refractivity contribution in [3.63, 3.8) is 0 Å². The molecular weight excluding hydrogens is 228 g/mol. The second-order valence-corrected chi connectivity index (χ2v) is 4.52. The van der Waals surface area contributed by atoms with E-state index in [4.69, 9.17) is 0 Å². The number of amides is 2. The highest BCUT2D eigenvalue weighted by atomic mass is 16.2. The van der Waals surface area contributed by atoms with Gasteiger partial charge in [0, 0.05) is 13.5 Å². The van der Waals surface area contributed by atoms with E-state index in [1.54, 1.807) is 16.8 Å². The van der Waals surface area contributed by atoms with Gasteiger partial charge in [0.05, 0.1) is 11.4 Å². The molecule has 4 heteroatoms. The van der Waals surface area contributed by atoms with Crippen molar-refractivity contribution < 1.29 is 9.59 Å². The molecule has 1 aromatic rings. The van der Waals surface area contributed by atoms with E-state index in [9.17, 15) is 9.59 Å². The second kappa shape index (κ2) is 5.21. The molecule has 0 bridgehead atoms. The highest BCUT2D eigenvalue weighted by Crippen LogP contribution is 2.32. The van der Waals surface area contributed by atoms with Gasteiger partial charge in [0.1, 0.15) is 6.54 Å². The molecule has 0 atom stereocenters. The topological polar surface area (TPSA) is 40.6 Å². The predicted octanol–water partition coefficient (Wildman–Crippen LogP) is 2.19. The smallest absolute Gasteiger partial charge is 0.246 e. The lowest BCUT2D eigenvalue weighted by Crippen LogP contribution is -2.46. The van der Waals surface area contributed by atoms with Gasteiger partial charge in [-0.25, -0.2) is 0 Å². The van der Waals surface area contributed by atoms with Crippen molar-refractivity contribution in [3.8, 4) is 0 Å². The number of likely N-dealkylation sites (N-methyl/N-ethyl adjacent to an activating group) is 1. The number of hydrogen-bond acceptors (Lipinski definition) is 2. The molecule has 1 aromatic carbocycles. The zero-order valence-corrected chi connectivity index (χ0v) is 10.8. The van der Waals surface area contributed by atoms with Gasteiger partial charge in [-0.3, -0.25) is 9.59 Å². The van der Waals surface area contributed by atoms with E-state index in [0.29, 0.717) is 6.42 Å². The number of nitrogens with zero attached hydrogens (tertiary/aromatic N) is 2. The lowest BCUT2D eigenvalue weighted by Gasteiger charge is -2.34. The summed E-state index contributed by atoms with van der Waals surface area (Å²) >= 11 is 0. The molecule has 18 heavy (non-hydrogen) atoms. The van der Waals surface area contributed by atoms with Gasteiger partial charge in [0.25, 0.3) is 0 Å². The molecule has 96 valence electrons. The van der Waals surface area contributed by atoms with Crippen molar-refractivity contribution in [3.05, 3.63) is 24.3 Å². The molecule has 1 aliphatic heterocycles. The summed E-state index contributed by atoms with van der Waals surface area (Å²) in [7, 11) is 1.75. The average molecular weight is 246 g/mol. The van der Waals surface area contributed by atoms with E-state index >= 15 is 0 Å². The van der Waals surface area contributed by atoms with Crippen LogP contribution in [0, 0.1) is 0 Å². The van der Waals surface area contributed by atoms with Gasteiger partial charge < -0.3 is 9.80 Å². The number of unbranched alkanes of at least 4 members (excludes halogenated alkanes) is 1. The molecule has 0 spiro atoms. The number of hydrogen-bond donors (Lipinski definition) is 0. The van der Waals surface area contributed by atoms with Crippen LogP contribution in [0.25, 0.3) is 0 Å². The van der Waals surface area contributed by atoms with Gasteiger partial charge in [-0.15, -0.1) is 0 Å². The molecule has 0 aliphatic carbocycles. The van der Waals surface area contributed by atoms with Gasteiger partial charge in [-0.1, -0.05) is 25.5 Å². The third-order valence-corrected chi connectivity index (χ3v) is 3.25. The highest BCUT2D eigenvalue weighted by Gasteiger charge is 2.29. The van der Waals surface area contributed by atoms with E-state index in [-0.39, 0.29) is 18.4 Å². The first kappa shape index (κ1) is 12.6. The van der Waals surface area contributed by atoms with Crippen LogP contribution < -0.4 is 9.80 Å². The Bertz CT molecular complexity index is 471. The summed E-state index contributed by atoms with van der Waals surface area (Å²) in [6.07, 6.45) is 2.35. The molecule has 0 saturated heterocycles. The first-order valence-corrected chi connectivity index (χ1v) is 6.31. The Kier molecular flexibility index (Phi) is 3.65. The van der Waals surface area contributed by atoms with Crippen LogP contribution in [0.5, 0.6) is 0 Å². The van der Waals surface area contributed by atoms with Crippen LogP contribution in [-0.4, -0.2) is 25.4 Å². The fourth-order valence-electron chi connectivity index (χ4n) is 2.12. The molecule has 0 unspecified atom stereocenters. The lowest BCUT2D eigenvalue weighted by molar-refractivity contribution is -0.122. The molecule has 0 saturated carbocycles. The summed E-state index contributed by atoms with van der Waals surface area (Å²) in [4.78, 5) is 27.2. The Morgan fingerprint density at radius 2 is 1.94 bits per heavy atom. The largest absolute Gasteiger partial charge is 0.312 e. The first-order valence-electron chi connectivity index (χ1n) is 6.31. The zero-order chi connectivity index (χ0) is 13.1. The van der Waals surface area contributed by atoms with E-state index in [1.165, 1.54) is 0 Å². The number of carbonyl (C=O) groups excluding carboxylic acids is 2. The Labute approximate surface area is 107 Å². The summed E-state index contributed by atoms with van der Waals surface area (Å²) in [5.41, 5.74) is 1.64. The SMILES string of the molecule is CCCCC(=O)N1CC(=O)N(C)c2ccccc21. The molecule has 1 aliphatic rings. The second-order valence-electron chi connectivity index (χ2n) is 4.52. The third-order valence-electron chi connectivity index (χ3n) is 3.25. The summed E-state index contributed by atoms with van der Waals surface area (Å²) in [6, 6.07) is 7.53. The Morgan fingerprint density at radius 1 is 1.28 bits per heavy atom. The molecule has 1 heterocycles. The van der Waals surface area contributed by atoms with Crippen LogP contribution in [0.4, 0.5) is 11.4 Å². The first-order chi connectivity index (χ1) is 8.65. The van der Waals surface area contributed by atoms with Crippen LogP contribution in [0.2, 0.25) is 0 Å². The summed E-state index contributed by atoms with van der Waals surface area (Å²) in [5.74, 6) is -0.00991. The normalized spacial score (nSPS) is 14.7. The van der Waals surface area contributed by atoms with Crippen molar-refractivity contribution in [2.24, 2.45) is 0 Å². The van der Waals surface area contributed by atoms with Gasteiger partial charge in [0.15, 0.2) is 0 Å². The monoisotopic (exact) mass is 246 g/mol. The maximum atomic E-state index is 12.1. The van der Waals surface area contributed by atoms with E-state index < -0.39 is 0 Å². The van der Waals surface area contributed by atoms with Crippen LogP contribution >= 0.6 is 0 Å². The third kappa shape index (κ3) is 2.23. The number of benzene rings is 1. The molecular formula is C14H18N2O2. The average Bonchev–Trinajstić information content (AvgIpc) is 2.40. The van der Waals surface area contributed by atoms with Gasteiger partial charge >= 0.3 is 0 Å². The standard InChI is InChI=1S/C14H18N2O2/c1-3-4-9-13(17)16-10-14(18)15(2)11-7-5-6-8-12(11)16/h5-8H,3-4,9-10H2,1-2H3. The Balaban J connectivity index is 2.30. The summed E-state index contributed by atoms with van der Waals surface area (Å²) in [5, 5.41) is 0. The van der Waals surface area contributed by atoms with Gasteiger partial charge in [-0.2, -0.15) is 0 Å². The predicted molar refractivity (Wildman–Crippen MR) is 71.7 cm³/mol. The molecule has 2 amide bonds. The molecule has 0 fully saturated rings. The summed E-state index contributed by atoms with van der Waals surface area (Å²) in [6.45, 7) is 2.20. The number of para-hydroxylation sites is 2. The van der Waals surface area contributed by atoms with E-state index in [2.05, 4.69) is 6.92 Å². The van der Waals surface area contributed by atoms with Crippen molar-refractivity contribution >= 4 is 23.2 Å². The van der Waals surface area contributed by atoms with E-state index in [1.807, 2.05) is 24.3 Å². The van der Waals surface area contributed by atoms with Crippen LogP contribution in [-0.2, 0) is 9.59 Å². The minimum absolute atomic E-state index is 0.0331. The minimum atomic E-state index is -0.0430. The molecule has 4 nitrogen and oxygen atoms in total. The van der Waals surface area contributed by atoms with Gasteiger partial charge in [0.2, 0.25) is 11.8 Å². The maximum Gasteiger partial charge on any atom is 0.246 e. The molecule has 0 aromatic heterocycles. The Hall–Kier alpha value is -1.84. The van der Waals surface area contributed by atoms with Crippen LogP contribution in [0.3, 0.4) is 0 Å². The Morgan fingerprint density at radius 3 is 2.61 bits per heavy atom. The molecule has 2 rings (SSSR count). The minimum Gasteiger partial charge on any atom is -0.312 e. The zero-order valence-electron chi connectivity index (χ0n) is 10.8. The number of fused-ring (bicyclic) bond motifs is 1. The lowest BCUT2D eigenvalue weighted by atomic mass is 10.1. The number of carbonyl (C=O) groups is 2. The quantitative estimate of drug-likeness (QED) is 0.820. The highest BCUT2D eigenvalue weighted by molar-refractivity contribution is 6.10. The van der Waals surface area contributed by atoms with Crippen LogP contribution in [0.15, 0.2) is 24.3 Å².